The molecule has 13 rings (SSSR count). The van der Waals surface area contributed by atoms with E-state index in [1.807, 2.05) is 13.8 Å². The molecule has 5 aromatic rings. The molecule has 111 heavy (non-hydrogen) atoms. The molecule has 0 spiro atoms. The number of aromatic hydroxyl groups is 3. The molecular formula is C77H94N7O26Y-. The Morgan fingerprint density at radius 3 is 1.89 bits per heavy atom. The molecule has 0 unspecified atom stereocenters. The second-order valence-electron chi connectivity index (χ2n) is 30.6. The van der Waals surface area contributed by atoms with E-state index in [1.54, 1.807) is 48.5 Å². The number of amides is 7. The molecule has 1 radical (unpaired) electrons. The largest absolute Gasteiger partial charge is 0.508 e. The number of fused-ring (bicyclic) bond motifs is 15. The van der Waals surface area contributed by atoms with Gasteiger partial charge in [-0.05, 0) is 115 Å². The number of rotatable bonds is 15. The van der Waals surface area contributed by atoms with Gasteiger partial charge < -0.3 is 127 Å². The van der Waals surface area contributed by atoms with E-state index in [9.17, 15) is 70.2 Å². The molecule has 3 saturated heterocycles. The van der Waals surface area contributed by atoms with Crippen LogP contribution < -0.4 is 51.8 Å². The van der Waals surface area contributed by atoms with Gasteiger partial charge in [0.2, 0.25) is 53.4 Å². The number of aliphatic hydroxyl groups is 6. The number of hydrogen-bond acceptors (Lipinski definition) is 25. The molecule has 597 valence electrons. The van der Waals surface area contributed by atoms with E-state index in [2.05, 4.69) is 38.0 Å². The molecule has 18 N–H and O–H groups in total. The van der Waals surface area contributed by atoms with Gasteiger partial charge in [0.15, 0.2) is 36.2 Å². The number of hydrogen-bond donors (Lipinski definition) is 17. The fourth-order valence-electron chi connectivity index (χ4n) is 14.9. The molecule has 0 saturated carbocycles. The van der Waals surface area contributed by atoms with E-state index in [1.165, 1.54) is 43.3 Å². The monoisotopic (exact) mass is 1620 g/mol. The minimum atomic E-state index is -2.29. The Labute approximate surface area is 663 Å². The van der Waals surface area contributed by atoms with Crippen molar-refractivity contribution in [2.75, 3.05) is 6.61 Å². The summed E-state index contributed by atoms with van der Waals surface area (Å²) in [5, 5.41) is 130. The van der Waals surface area contributed by atoms with Crippen molar-refractivity contribution in [2.24, 2.45) is 28.4 Å². The zero-order valence-corrected chi connectivity index (χ0v) is 65.4. The Bertz CT molecular complexity index is 4340. The summed E-state index contributed by atoms with van der Waals surface area (Å²) >= 11 is 0. The average Bonchev–Trinajstić information content (AvgIpc) is 0.766. The third kappa shape index (κ3) is 18.4. The maximum Gasteiger partial charge on any atom is 0.330 e. The number of carbonyl (C=O) groups is 8. The van der Waals surface area contributed by atoms with Crippen molar-refractivity contribution in [3.8, 4) is 57.1 Å². The van der Waals surface area contributed by atoms with Crippen molar-refractivity contribution in [2.45, 2.75) is 218 Å². The number of carbonyl (C=O) groups excluding carboxylic acids is 7. The van der Waals surface area contributed by atoms with Gasteiger partial charge in [0.1, 0.15) is 77.6 Å². The topological polar surface area (TPSA) is 511 Å². The van der Waals surface area contributed by atoms with Gasteiger partial charge in [-0.3, -0.25) is 33.6 Å². The molecule has 0 aliphatic carbocycles. The number of nitrogens with one attached hydrogen (secondary N) is 6. The standard InChI is InChI=1S/C77H94N7O26.Y/c1-11-35(20-31(2)3)68(95)83-58-60(90)36-12-16-41(17-13-36)105-48-23-39-24-49(64(48)110-75-65(62(92)61(91)50(30-85)107-75)109-53-29-77(9,10)67(94)34(6)104-53)106-47-19-15-38(21-32(47)4)63(108-52-28-76(7,8)66(93)33(5)103-52)59-73(100)82-57(74(101)102)43-25-40(86)26-46(88)54(43)42-22-37(14-18-45(42)87)55(70(97)84-59)81-71(98)56(39)80-69(96)44(27-51(78)89)79-72(58)99;/h12-16,18-19,21-26,31,33-35,44,50,52-53,55-63,65-67,75,85-88,90-94H,11,20,27-30H2,1-10H3,(H2,78,89)(H,79,99)(H,80,96)(H,81,98)(H,82,100)(H,83,95)(H,84,97)(H,101,102);/q-1;/t33-,34-,35+,44-,50+,52-,53-,55+,56+,57-,58+,59-,60+,61+,62-,63+,65+,66-,67-,75-;/m0./s1. The fourth-order valence-corrected chi connectivity index (χ4v) is 14.9. The number of carboxylic acids is 1. The molecule has 8 heterocycles. The first-order valence-corrected chi connectivity index (χ1v) is 36.2. The summed E-state index contributed by atoms with van der Waals surface area (Å²) in [5.74, 6) is -15.1. The van der Waals surface area contributed by atoms with Gasteiger partial charge in [0, 0.05) is 80.0 Å². The Morgan fingerprint density at radius 1 is 0.685 bits per heavy atom. The number of ether oxygens (including phenoxy) is 8. The Kier molecular flexibility index (Phi) is 26.2. The molecule has 5 aromatic carbocycles. The van der Waals surface area contributed by atoms with Crippen LogP contribution in [-0.2, 0) is 94.7 Å². The smallest absolute Gasteiger partial charge is 0.330 e. The van der Waals surface area contributed by atoms with Crippen molar-refractivity contribution >= 4 is 47.3 Å². The molecule has 8 aliphatic heterocycles. The van der Waals surface area contributed by atoms with Gasteiger partial charge in [-0.15, -0.1) is 17.7 Å². The molecule has 7 amide bonds. The first-order chi connectivity index (χ1) is 51.8. The Morgan fingerprint density at radius 2 is 1.30 bits per heavy atom. The van der Waals surface area contributed by atoms with Crippen LogP contribution in [0.1, 0.15) is 158 Å². The maximum atomic E-state index is 16.4. The summed E-state index contributed by atoms with van der Waals surface area (Å²) < 4.78 is 52.4. The number of nitrogens with two attached hydrogens (primary N) is 1. The van der Waals surface area contributed by atoms with Crippen LogP contribution in [0.3, 0.4) is 0 Å². The third-order valence-corrected chi connectivity index (χ3v) is 20.9. The number of phenolic OH excluding ortho intramolecular Hbond substituents is 3. The number of benzene rings is 5. The van der Waals surface area contributed by atoms with Crippen LogP contribution in [-0.4, -0.2) is 191 Å². The summed E-state index contributed by atoms with van der Waals surface area (Å²) in [4.78, 5) is 120. The minimum absolute atomic E-state index is 0. The van der Waals surface area contributed by atoms with Crippen LogP contribution in [0.4, 0.5) is 0 Å². The van der Waals surface area contributed by atoms with Crippen LogP contribution in [0, 0.1) is 35.7 Å². The van der Waals surface area contributed by atoms with E-state index < -0.39 is 244 Å². The van der Waals surface area contributed by atoms with E-state index in [0.29, 0.717) is 6.42 Å². The van der Waals surface area contributed by atoms with Crippen LogP contribution >= 0.6 is 0 Å². The summed E-state index contributed by atoms with van der Waals surface area (Å²) in [6, 6.07) is 5.24. The molecular weight excluding hydrogens is 1530 g/mol. The maximum absolute atomic E-state index is 16.4. The molecule has 20 atom stereocenters. The van der Waals surface area contributed by atoms with Gasteiger partial charge in [0.25, 0.3) is 0 Å². The number of carboxylic acid groups (broad SMARTS) is 1. The molecule has 8 aliphatic rings. The zero-order chi connectivity index (χ0) is 80.0. The van der Waals surface area contributed by atoms with Crippen LogP contribution in [0.2, 0.25) is 0 Å². The summed E-state index contributed by atoms with van der Waals surface area (Å²) in [6.07, 6.45) is -19.9. The Balaban J connectivity index is 0.0000131. The fraction of sp³-hybridized carbons (Fsp3) is 0.506. The molecule has 34 heteroatoms. The van der Waals surface area contributed by atoms with E-state index in [4.69, 9.17) is 43.6 Å². The first kappa shape index (κ1) is 84.8. The molecule has 11 bridgehead atoms. The number of primary amides is 1. The predicted molar refractivity (Wildman–Crippen MR) is 383 cm³/mol. The number of aryl methyl sites for hydroxylation is 1. The minimum Gasteiger partial charge on any atom is -0.508 e. The van der Waals surface area contributed by atoms with E-state index >= 15 is 19.2 Å². The summed E-state index contributed by atoms with van der Waals surface area (Å²) in [5.41, 5.74) is 1.96. The number of aliphatic hydroxyl groups excluding tert-OH is 6. The molecule has 3 fully saturated rings. The van der Waals surface area contributed by atoms with Gasteiger partial charge in [-0.2, -0.15) is 12.1 Å². The second-order valence-corrected chi connectivity index (χ2v) is 30.6. The SMILES string of the molecule is CC[C@H](CC(C)C)C(=O)N[C@H]1C(=O)N[C@@H](CC(N)=O)C(=O)N[C@H]2C(=O)N[C@H]3C(=O)N[C@H](C(=O)N[C@H](C(=O)O)c4cc(O)cc(O)c4-c4cc3ccc4O)[C@H](O[C@H]3CC(C)(C)[C@@H](O)[C@H](C)O3)c3ccc(c(C)c3)Oc3cc2cc(c3O[C@@H]2O[C@H](CO)[C@@H](O)[C@H](O)[C@H]2O[C@H]2CC(C)(C)[C@@H](O)[C@H](C)O2)Oc2[c-]cc(cc2)[C@H]1O.[Y]. The predicted octanol–water partition coefficient (Wildman–Crippen LogP) is 3.20. The third-order valence-electron chi connectivity index (χ3n) is 20.9. The van der Waals surface area contributed by atoms with Crippen LogP contribution in [0.5, 0.6) is 46.0 Å². The van der Waals surface area contributed by atoms with Crippen molar-refractivity contribution in [1.82, 2.24) is 31.9 Å². The number of phenols is 3. The van der Waals surface area contributed by atoms with Gasteiger partial charge in [-0.25, -0.2) is 4.79 Å². The summed E-state index contributed by atoms with van der Waals surface area (Å²) in [7, 11) is 0. The first-order valence-electron chi connectivity index (χ1n) is 36.2. The van der Waals surface area contributed by atoms with E-state index in [-0.39, 0.29) is 97.2 Å². The molecule has 0 aromatic heterocycles. The van der Waals surface area contributed by atoms with Gasteiger partial charge in [-0.1, -0.05) is 60.6 Å². The van der Waals surface area contributed by atoms with Crippen LogP contribution in [0.25, 0.3) is 11.1 Å². The average molecular weight is 1620 g/mol. The van der Waals surface area contributed by atoms with Crippen molar-refractivity contribution < 1.29 is 160 Å². The van der Waals surface area contributed by atoms with Gasteiger partial charge >= 0.3 is 5.97 Å². The van der Waals surface area contributed by atoms with Crippen molar-refractivity contribution in [1.29, 1.82) is 0 Å². The van der Waals surface area contributed by atoms with Gasteiger partial charge in [0.05, 0.1) is 43.5 Å². The van der Waals surface area contributed by atoms with Crippen molar-refractivity contribution in [3.05, 3.63) is 118 Å². The second kappa shape index (κ2) is 34.3. The van der Waals surface area contributed by atoms with E-state index in [0.717, 1.165) is 42.5 Å². The Hall–Kier alpha value is -8.68. The quantitative estimate of drug-likeness (QED) is 0.0669. The molecule has 33 nitrogen and oxygen atoms in total. The van der Waals surface area contributed by atoms with Crippen molar-refractivity contribution in [3.63, 3.8) is 0 Å². The normalized spacial score (nSPS) is 30.2. The number of aliphatic carboxylic acids is 1. The zero-order valence-electron chi connectivity index (χ0n) is 62.5. The summed E-state index contributed by atoms with van der Waals surface area (Å²) in [6.45, 7) is 16.2. The van der Waals surface area contributed by atoms with Crippen LogP contribution in [0.15, 0.2) is 78.9 Å².